The summed E-state index contributed by atoms with van der Waals surface area (Å²) < 4.78 is 41.9. The molecule has 1 fully saturated rings. The van der Waals surface area contributed by atoms with Gasteiger partial charge in [0, 0.05) is 31.6 Å². The van der Waals surface area contributed by atoms with E-state index in [9.17, 15) is 23.1 Å². The molecular formula is C34H32F3NO2. The SMILES string of the molecule is O=C(O)c1ccc2c(c1)CCCC(c1cccc3c1CCC3(F)F)=C2c1ccc(C=C2CN(CCCF)C2)cc1. The first-order valence-electron chi connectivity index (χ1n) is 14.0. The van der Waals surface area contributed by atoms with E-state index >= 15 is 0 Å². The van der Waals surface area contributed by atoms with Crippen molar-refractivity contribution in [2.45, 2.75) is 44.4 Å². The van der Waals surface area contributed by atoms with Crippen LogP contribution in [0.4, 0.5) is 13.2 Å². The molecule has 3 aromatic carbocycles. The predicted molar refractivity (Wildman–Crippen MR) is 152 cm³/mol. The highest BCUT2D eigenvalue weighted by molar-refractivity contribution is 6.01. The van der Waals surface area contributed by atoms with E-state index in [0.717, 1.165) is 83.4 Å². The highest BCUT2D eigenvalue weighted by Gasteiger charge is 2.40. The molecular weight excluding hydrogens is 511 g/mol. The summed E-state index contributed by atoms with van der Waals surface area (Å²) in [5.41, 5.74) is 9.36. The number of aromatic carboxylic acids is 1. The summed E-state index contributed by atoms with van der Waals surface area (Å²) in [7, 11) is 0. The van der Waals surface area contributed by atoms with E-state index in [0.29, 0.717) is 12.8 Å². The van der Waals surface area contributed by atoms with Crippen molar-refractivity contribution in [2.24, 2.45) is 0 Å². The summed E-state index contributed by atoms with van der Waals surface area (Å²) in [6.45, 7) is 2.21. The van der Waals surface area contributed by atoms with Gasteiger partial charge in [0.05, 0.1) is 12.2 Å². The lowest BCUT2D eigenvalue weighted by Crippen LogP contribution is -2.40. The second-order valence-corrected chi connectivity index (χ2v) is 11.1. The third-order valence-electron chi connectivity index (χ3n) is 8.41. The molecule has 0 unspecified atom stereocenters. The monoisotopic (exact) mass is 543 g/mol. The van der Waals surface area contributed by atoms with Crippen molar-refractivity contribution in [2.75, 3.05) is 26.3 Å². The first kappa shape index (κ1) is 26.6. The van der Waals surface area contributed by atoms with E-state index in [1.807, 2.05) is 12.1 Å². The molecule has 0 aromatic heterocycles. The van der Waals surface area contributed by atoms with Crippen molar-refractivity contribution >= 4 is 23.2 Å². The van der Waals surface area contributed by atoms with Gasteiger partial charge in [0.2, 0.25) is 0 Å². The van der Waals surface area contributed by atoms with Gasteiger partial charge in [-0.2, -0.15) is 0 Å². The van der Waals surface area contributed by atoms with E-state index in [1.54, 1.807) is 24.3 Å². The Balaban J connectivity index is 1.43. The first-order chi connectivity index (χ1) is 19.3. The summed E-state index contributed by atoms with van der Waals surface area (Å²) in [4.78, 5) is 13.9. The zero-order valence-corrected chi connectivity index (χ0v) is 22.4. The van der Waals surface area contributed by atoms with Gasteiger partial charge >= 0.3 is 5.97 Å². The number of hydrogen-bond donors (Lipinski definition) is 1. The standard InChI is InChI=1S/C34H32F3NO2/c35-16-3-17-38-20-23(21-38)18-22-8-10-24(11-9-22)32-27-13-12-26(33(39)40)19-25(27)4-1-6-30(32)28-5-2-7-31-29(28)14-15-34(31,36)37/h2,5,7-13,18-19H,1,3-4,6,14-17,20-21H2,(H,39,40). The number of rotatable bonds is 7. The van der Waals surface area contributed by atoms with E-state index in [2.05, 4.69) is 35.2 Å². The Kier molecular flexibility index (Phi) is 7.13. The minimum absolute atomic E-state index is 0.130. The lowest BCUT2D eigenvalue weighted by Gasteiger charge is -2.33. The lowest BCUT2D eigenvalue weighted by molar-refractivity contribution is -0.00185. The number of carbonyl (C=O) groups is 1. The number of benzene rings is 3. The molecule has 0 radical (unpaired) electrons. The van der Waals surface area contributed by atoms with Gasteiger partial charge in [0.25, 0.3) is 5.92 Å². The third-order valence-corrected chi connectivity index (χ3v) is 8.41. The Morgan fingerprint density at radius 1 is 0.975 bits per heavy atom. The molecule has 0 spiro atoms. The molecule has 0 saturated carbocycles. The number of alkyl halides is 3. The number of likely N-dealkylation sites (tertiary alicyclic amines) is 1. The summed E-state index contributed by atoms with van der Waals surface area (Å²) >= 11 is 0. The van der Waals surface area contributed by atoms with Crippen molar-refractivity contribution in [3.8, 4) is 0 Å². The average molecular weight is 544 g/mol. The van der Waals surface area contributed by atoms with Crippen molar-refractivity contribution in [3.05, 3.63) is 111 Å². The van der Waals surface area contributed by atoms with E-state index in [-0.39, 0.29) is 24.2 Å². The zero-order chi connectivity index (χ0) is 27.9. The Morgan fingerprint density at radius 3 is 2.52 bits per heavy atom. The van der Waals surface area contributed by atoms with Crippen LogP contribution >= 0.6 is 0 Å². The van der Waals surface area contributed by atoms with Crippen molar-refractivity contribution in [1.82, 2.24) is 4.90 Å². The number of halogens is 3. The van der Waals surface area contributed by atoms with E-state index < -0.39 is 11.9 Å². The minimum atomic E-state index is -2.82. The molecule has 6 rings (SSSR count). The molecule has 3 nitrogen and oxygen atoms in total. The van der Waals surface area contributed by atoms with Gasteiger partial charge in [-0.25, -0.2) is 13.6 Å². The fraction of sp³-hybridized carbons (Fsp3) is 0.324. The van der Waals surface area contributed by atoms with Crippen LogP contribution in [0.1, 0.15) is 75.0 Å². The summed E-state index contributed by atoms with van der Waals surface area (Å²) in [5, 5.41) is 9.60. The molecule has 3 aliphatic rings. The maximum Gasteiger partial charge on any atom is 0.335 e. The first-order valence-corrected chi connectivity index (χ1v) is 14.0. The highest BCUT2D eigenvalue weighted by atomic mass is 19.3. The van der Waals surface area contributed by atoms with E-state index in [4.69, 9.17) is 0 Å². The van der Waals surface area contributed by atoms with Gasteiger partial charge in [-0.15, -0.1) is 0 Å². The number of carboxylic acids is 1. The van der Waals surface area contributed by atoms with Crippen LogP contribution in [0.2, 0.25) is 0 Å². The fourth-order valence-electron chi connectivity index (χ4n) is 6.46. The van der Waals surface area contributed by atoms with Gasteiger partial charge < -0.3 is 5.11 Å². The van der Waals surface area contributed by atoms with Crippen LogP contribution in [-0.2, 0) is 18.8 Å². The van der Waals surface area contributed by atoms with Crippen LogP contribution < -0.4 is 0 Å². The normalized spacial score (nSPS) is 18.1. The van der Waals surface area contributed by atoms with Crippen LogP contribution in [-0.4, -0.2) is 42.3 Å². The molecule has 1 heterocycles. The molecule has 0 amide bonds. The number of hydrogen-bond acceptors (Lipinski definition) is 2. The Bertz CT molecular complexity index is 1510. The lowest BCUT2D eigenvalue weighted by atomic mass is 9.85. The molecule has 0 bridgehead atoms. The van der Waals surface area contributed by atoms with Crippen molar-refractivity contribution in [3.63, 3.8) is 0 Å². The number of aryl methyl sites for hydroxylation is 1. The molecule has 1 N–H and O–H groups in total. The second kappa shape index (κ2) is 10.7. The fourth-order valence-corrected chi connectivity index (χ4v) is 6.46. The Labute approximate surface area is 232 Å². The summed E-state index contributed by atoms with van der Waals surface area (Å²) in [6, 6.07) is 18.9. The van der Waals surface area contributed by atoms with Crippen LogP contribution in [0.25, 0.3) is 17.2 Å². The largest absolute Gasteiger partial charge is 0.478 e. The van der Waals surface area contributed by atoms with Gasteiger partial charge in [-0.1, -0.05) is 54.6 Å². The van der Waals surface area contributed by atoms with Gasteiger partial charge in [-0.05, 0) is 94.3 Å². The Morgan fingerprint density at radius 2 is 1.77 bits per heavy atom. The number of nitrogens with zero attached hydrogens (tertiary/aromatic N) is 1. The molecule has 1 saturated heterocycles. The number of carboxylic acid groups (broad SMARTS) is 1. The maximum absolute atomic E-state index is 14.7. The van der Waals surface area contributed by atoms with Crippen LogP contribution in [0, 0.1) is 0 Å². The molecule has 2 aliphatic carbocycles. The quantitative estimate of drug-likeness (QED) is 0.331. The summed E-state index contributed by atoms with van der Waals surface area (Å²) in [6.07, 6.45) is 5.16. The molecule has 40 heavy (non-hydrogen) atoms. The average Bonchev–Trinajstić information content (AvgIpc) is 3.12. The van der Waals surface area contributed by atoms with E-state index in [1.165, 1.54) is 5.57 Å². The number of allylic oxidation sites excluding steroid dienone is 1. The summed E-state index contributed by atoms with van der Waals surface area (Å²) in [5.74, 6) is -3.78. The Hall–Kier alpha value is -3.64. The maximum atomic E-state index is 14.7. The second-order valence-electron chi connectivity index (χ2n) is 11.1. The number of fused-ring (bicyclic) bond motifs is 2. The van der Waals surface area contributed by atoms with Gasteiger partial charge in [0.1, 0.15) is 0 Å². The van der Waals surface area contributed by atoms with Crippen molar-refractivity contribution < 1.29 is 23.1 Å². The van der Waals surface area contributed by atoms with Crippen molar-refractivity contribution in [1.29, 1.82) is 0 Å². The van der Waals surface area contributed by atoms with Crippen LogP contribution in [0.5, 0.6) is 0 Å². The third kappa shape index (κ3) is 5.01. The molecule has 6 heteroatoms. The van der Waals surface area contributed by atoms with Gasteiger partial charge in [0.15, 0.2) is 0 Å². The molecule has 1 aliphatic heterocycles. The highest BCUT2D eigenvalue weighted by Crippen LogP contribution is 2.47. The molecule has 206 valence electrons. The molecule has 3 aromatic rings. The topological polar surface area (TPSA) is 40.5 Å². The van der Waals surface area contributed by atoms with Gasteiger partial charge in [-0.3, -0.25) is 9.29 Å². The van der Waals surface area contributed by atoms with Crippen LogP contribution in [0.15, 0.2) is 66.2 Å². The van der Waals surface area contributed by atoms with Crippen LogP contribution in [0.3, 0.4) is 0 Å². The smallest absolute Gasteiger partial charge is 0.335 e. The predicted octanol–water partition coefficient (Wildman–Crippen LogP) is 7.78. The zero-order valence-electron chi connectivity index (χ0n) is 22.4. The minimum Gasteiger partial charge on any atom is -0.478 e. The molecule has 0 atom stereocenters.